The minimum absolute atomic E-state index is 0.238. The van der Waals surface area contributed by atoms with Crippen molar-refractivity contribution in [2.45, 2.75) is 52.7 Å². The summed E-state index contributed by atoms with van der Waals surface area (Å²) in [6.07, 6.45) is 4.46. The van der Waals surface area contributed by atoms with Gasteiger partial charge in [-0.1, -0.05) is 26.7 Å². The van der Waals surface area contributed by atoms with Crippen molar-refractivity contribution in [2.24, 2.45) is 0 Å². The average molecular weight is 471 g/mol. The van der Waals surface area contributed by atoms with Crippen LogP contribution in [0.4, 0.5) is 0 Å². The van der Waals surface area contributed by atoms with E-state index in [0.717, 1.165) is 61.5 Å². The zero-order valence-electron chi connectivity index (χ0n) is 20.4. The molecule has 0 aromatic heterocycles. The van der Waals surface area contributed by atoms with Crippen LogP contribution in [0.5, 0.6) is 11.5 Å². The van der Waals surface area contributed by atoms with E-state index in [1.807, 2.05) is 12.1 Å². The Labute approximate surface area is 198 Å². The SMILES string of the molecule is CCCCOCCOCCOCc1cc2c(cc1COCCOCCOCCCC)OCO2. The lowest BCUT2D eigenvalue weighted by Crippen LogP contribution is -2.11. The molecule has 0 spiro atoms. The molecule has 8 nitrogen and oxygen atoms in total. The monoisotopic (exact) mass is 470 g/mol. The van der Waals surface area contributed by atoms with Crippen molar-refractivity contribution in [1.82, 2.24) is 0 Å². The molecule has 190 valence electrons. The Kier molecular flexibility index (Phi) is 16.0. The highest BCUT2D eigenvalue weighted by Gasteiger charge is 2.17. The number of benzene rings is 1. The Morgan fingerprint density at radius 1 is 0.545 bits per heavy atom. The van der Waals surface area contributed by atoms with Crippen LogP contribution in [0.15, 0.2) is 12.1 Å². The van der Waals surface area contributed by atoms with E-state index in [-0.39, 0.29) is 6.79 Å². The van der Waals surface area contributed by atoms with Crippen LogP contribution < -0.4 is 9.47 Å². The third-order valence-electron chi connectivity index (χ3n) is 4.98. The molecule has 0 atom stereocenters. The van der Waals surface area contributed by atoms with E-state index in [1.165, 1.54) is 0 Å². The second-order valence-electron chi connectivity index (χ2n) is 7.74. The molecule has 1 aromatic rings. The number of rotatable bonds is 22. The molecule has 0 saturated heterocycles. The molecule has 0 radical (unpaired) electrons. The summed E-state index contributed by atoms with van der Waals surface area (Å²) in [4.78, 5) is 0. The number of hydrogen-bond acceptors (Lipinski definition) is 8. The topological polar surface area (TPSA) is 73.8 Å². The van der Waals surface area contributed by atoms with E-state index in [2.05, 4.69) is 13.8 Å². The molecule has 0 bridgehead atoms. The number of hydrogen-bond donors (Lipinski definition) is 0. The van der Waals surface area contributed by atoms with Crippen LogP contribution in [0.1, 0.15) is 50.7 Å². The van der Waals surface area contributed by atoms with E-state index in [1.54, 1.807) is 0 Å². The highest BCUT2D eigenvalue weighted by molar-refractivity contribution is 5.48. The number of unbranched alkanes of at least 4 members (excludes halogenated alkanes) is 2. The summed E-state index contributed by atoms with van der Waals surface area (Å²) >= 11 is 0. The van der Waals surface area contributed by atoms with Gasteiger partial charge in [0.2, 0.25) is 6.79 Å². The summed E-state index contributed by atoms with van der Waals surface area (Å²) in [6.45, 7) is 11.6. The maximum absolute atomic E-state index is 5.81. The molecule has 0 saturated carbocycles. The number of ether oxygens (including phenoxy) is 8. The fourth-order valence-electron chi connectivity index (χ4n) is 3.03. The molecule has 1 aromatic carbocycles. The van der Waals surface area contributed by atoms with Gasteiger partial charge in [-0.2, -0.15) is 0 Å². The third kappa shape index (κ3) is 12.6. The van der Waals surface area contributed by atoms with E-state index >= 15 is 0 Å². The molecule has 0 aliphatic carbocycles. The smallest absolute Gasteiger partial charge is 0.231 e. The Bertz CT molecular complexity index is 559. The third-order valence-corrected chi connectivity index (χ3v) is 4.98. The first kappa shape index (κ1) is 27.8. The van der Waals surface area contributed by atoms with Gasteiger partial charge in [-0.3, -0.25) is 0 Å². The van der Waals surface area contributed by atoms with Crippen molar-refractivity contribution in [2.75, 3.05) is 72.9 Å². The predicted octanol–water partition coefficient (Wildman–Crippen LogP) is 4.12. The Morgan fingerprint density at radius 2 is 0.909 bits per heavy atom. The Morgan fingerprint density at radius 3 is 1.30 bits per heavy atom. The lowest BCUT2D eigenvalue weighted by molar-refractivity contribution is 0.00673. The van der Waals surface area contributed by atoms with E-state index in [4.69, 9.17) is 37.9 Å². The first-order valence-electron chi connectivity index (χ1n) is 12.2. The molecule has 33 heavy (non-hydrogen) atoms. The first-order chi connectivity index (χ1) is 16.3. The van der Waals surface area contributed by atoms with Crippen LogP contribution >= 0.6 is 0 Å². The molecule has 0 fully saturated rings. The van der Waals surface area contributed by atoms with E-state index in [0.29, 0.717) is 66.1 Å². The second-order valence-corrected chi connectivity index (χ2v) is 7.74. The van der Waals surface area contributed by atoms with Crippen LogP contribution in [-0.4, -0.2) is 72.9 Å². The molecule has 0 unspecified atom stereocenters. The van der Waals surface area contributed by atoms with Gasteiger partial charge in [0, 0.05) is 13.2 Å². The molecular weight excluding hydrogens is 428 g/mol. The van der Waals surface area contributed by atoms with Crippen molar-refractivity contribution in [3.05, 3.63) is 23.3 Å². The van der Waals surface area contributed by atoms with Crippen molar-refractivity contribution >= 4 is 0 Å². The summed E-state index contributed by atoms with van der Waals surface area (Å²) in [7, 11) is 0. The largest absolute Gasteiger partial charge is 0.454 e. The van der Waals surface area contributed by atoms with Crippen LogP contribution in [0.2, 0.25) is 0 Å². The van der Waals surface area contributed by atoms with Gasteiger partial charge in [0.1, 0.15) is 0 Å². The van der Waals surface area contributed by atoms with Gasteiger partial charge in [0.05, 0.1) is 66.1 Å². The predicted molar refractivity (Wildman–Crippen MR) is 125 cm³/mol. The first-order valence-corrected chi connectivity index (χ1v) is 12.2. The highest BCUT2D eigenvalue weighted by Crippen LogP contribution is 2.35. The maximum atomic E-state index is 5.81. The van der Waals surface area contributed by atoms with Crippen molar-refractivity contribution in [3.8, 4) is 11.5 Å². The van der Waals surface area contributed by atoms with E-state index < -0.39 is 0 Å². The Hall–Kier alpha value is -1.42. The molecule has 1 heterocycles. The Balaban J connectivity index is 1.60. The van der Waals surface area contributed by atoms with Crippen LogP contribution in [0, 0.1) is 0 Å². The molecule has 1 aliphatic heterocycles. The van der Waals surface area contributed by atoms with Crippen LogP contribution in [0.25, 0.3) is 0 Å². The van der Waals surface area contributed by atoms with Gasteiger partial charge in [-0.15, -0.1) is 0 Å². The second kappa shape index (κ2) is 18.9. The zero-order chi connectivity index (χ0) is 23.4. The van der Waals surface area contributed by atoms with Crippen molar-refractivity contribution < 1.29 is 37.9 Å². The molecule has 0 N–H and O–H groups in total. The summed E-state index contributed by atoms with van der Waals surface area (Å²) in [5, 5.41) is 0. The molecule has 0 amide bonds. The standard InChI is InChI=1S/C25H42O8/c1-3-5-7-26-9-11-28-13-15-30-19-22-17-24-25(33-21-32-24)18-23(22)20-31-16-14-29-12-10-27-8-6-4-2/h17-18H,3-16,19-21H2,1-2H3. The molecule has 2 rings (SSSR count). The minimum atomic E-state index is 0.238. The van der Waals surface area contributed by atoms with Gasteiger partial charge >= 0.3 is 0 Å². The fourth-order valence-corrected chi connectivity index (χ4v) is 3.03. The van der Waals surface area contributed by atoms with Gasteiger partial charge in [-0.25, -0.2) is 0 Å². The van der Waals surface area contributed by atoms with Crippen LogP contribution in [0.3, 0.4) is 0 Å². The lowest BCUT2D eigenvalue weighted by atomic mass is 10.1. The lowest BCUT2D eigenvalue weighted by Gasteiger charge is -2.13. The minimum Gasteiger partial charge on any atom is -0.454 e. The van der Waals surface area contributed by atoms with E-state index in [9.17, 15) is 0 Å². The summed E-state index contributed by atoms with van der Waals surface area (Å²) < 4.78 is 44.7. The quantitative estimate of drug-likeness (QED) is 0.234. The van der Waals surface area contributed by atoms with Crippen molar-refractivity contribution in [3.63, 3.8) is 0 Å². The van der Waals surface area contributed by atoms with Gasteiger partial charge in [-0.05, 0) is 36.1 Å². The fraction of sp³-hybridized carbons (Fsp3) is 0.760. The highest BCUT2D eigenvalue weighted by atomic mass is 16.7. The maximum Gasteiger partial charge on any atom is 0.231 e. The zero-order valence-corrected chi connectivity index (χ0v) is 20.4. The number of fused-ring (bicyclic) bond motifs is 1. The van der Waals surface area contributed by atoms with Crippen molar-refractivity contribution in [1.29, 1.82) is 0 Å². The van der Waals surface area contributed by atoms with Gasteiger partial charge in [0.15, 0.2) is 11.5 Å². The molecule has 1 aliphatic rings. The van der Waals surface area contributed by atoms with Gasteiger partial charge < -0.3 is 37.9 Å². The summed E-state index contributed by atoms with van der Waals surface area (Å²) in [5.41, 5.74) is 2.04. The summed E-state index contributed by atoms with van der Waals surface area (Å²) in [5.74, 6) is 1.48. The normalized spacial score (nSPS) is 12.5. The molecule has 8 heteroatoms. The van der Waals surface area contributed by atoms with Gasteiger partial charge in [0.25, 0.3) is 0 Å². The average Bonchev–Trinajstić information content (AvgIpc) is 3.28. The molecular formula is C25H42O8. The summed E-state index contributed by atoms with van der Waals surface area (Å²) in [6, 6.07) is 3.93. The van der Waals surface area contributed by atoms with Crippen LogP contribution in [-0.2, 0) is 41.6 Å².